The van der Waals surface area contributed by atoms with E-state index in [1.165, 1.54) is 0 Å². The number of fused-ring (bicyclic) bond motifs is 1. The summed E-state index contributed by atoms with van der Waals surface area (Å²) in [5, 5.41) is 15.1. The van der Waals surface area contributed by atoms with E-state index in [0.29, 0.717) is 53.1 Å². The van der Waals surface area contributed by atoms with Gasteiger partial charge in [-0.1, -0.05) is 66.2 Å². The van der Waals surface area contributed by atoms with Crippen molar-refractivity contribution in [3.8, 4) is 28.8 Å². The standard InChI is InChI=1S/C35H29ClN6O2/c1-43-29-14-10-24(11-15-29)21-41(22-25-12-16-30(44-2)17-13-25)34-35-39-33(19-27-7-3-4-9-31(27)36)40-42(35)23-32(38-34)28-8-5-6-26(18-28)20-37/h3-18,23H,19,21-22H2,1-2H3. The van der Waals surface area contributed by atoms with Gasteiger partial charge >= 0.3 is 0 Å². The molecule has 0 radical (unpaired) electrons. The number of aromatic nitrogens is 4. The van der Waals surface area contributed by atoms with E-state index >= 15 is 0 Å². The molecule has 44 heavy (non-hydrogen) atoms. The zero-order chi connectivity index (χ0) is 30.5. The van der Waals surface area contributed by atoms with Gasteiger partial charge in [0.05, 0.1) is 37.7 Å². The molecule has 0 N–H and O–H groups in total. The Balaban J connectivity index is 1.50. The Morgan fingerprint density at radius 3 is 2.09 bits per heavy atom. The molecule has 0 aliphatic rings. The van der Waals surface area contributed by atoms with Crippen LogP contribution in [0.3, 0.4) is 0 Å². The van der Waals surface area contributed by atoms with Crippen molar-refractivity contribution in [1.82, 2.24) is 19.6 Å². The summed E-state index contributed by atoms with van der Waals surface area (Å²) in [6.07, 6.45) is 2.33. The maximum Gasteiger partial charge on any atom is 0.198 e. The van der Waals surface area contributed by atoms with Crippen LogP contribution >= 0.6 is 11.6 Å². The first-order valence-electron chi connectivity index (χ1n) is 14.0. The summed E-state index contributed by atoms with van der Waals surface area (Å²) < 4.78 is 12.5. The lowest BCUT2D eigenvalue weighted by atomic mass is 10.1. The van der Waals surface area contributed by atoms with Gasteiger partial charge in [0.15, 0.2) is 17.3 Å². The number of methoxy groups -OCH3 is 2. The van der Waals surface area contributed by atoms with E-state index in [2.05, 4.69) is 11.0 Å². The molecule has 4 aromatic carbocycles. The summed E-state index contributed by atoms with van der Waals surface area (Å²) in [7, 11) is 3.31. The van der Waals surface area contributed by atoms with Crippen LogP contribution < -0.4 is 14.4 Å². The minimum absolute atomic E-state index is 0.469. The maximum absolute atomic E-state index is 9.56. The zero-order valence-corrected chi connectivity index (χ0v) is 25.1. The number of hydrogen-bond acceptors (Lipinski definition) is 7. The van der Waals surface area contributed by atoms with Crippen molar-refractivity contribution < 1.29 is 9.47 Å². The Labute approximate surface area is 260 Å². The molecular weight excluding hydrogens is 572 g/mol. The second kappa shape index (κ2) is 12.9. The van der Waals surface area contributed by atoms with Gasteiger partial charge in [-0.25, -0.2) is 14.5 Å². The first-order chi connectivity index (χ1) is 21.5. The molecule has 0 atom stereocenters. The average molecular weight is 601 g/mol. The van der Waals surface area contributed by atoms with Crippen molar-refractivity contribution in [3.05, 3.63) is 136 Å². The van der Waals surface area contributed by atoms with E-state index < -0.39 is 0 Å². The molecule has 2 heterocycles. The fourth-order valence-electron chi connectivity index (χ4n) is 5.01. The highest BCUT2D eigenvalue weighted by molar-refractivity contribution is 6.31. The summed E-state index contributed by atoms with van der Waals surface area (Å²) in [5.41, 5.74) is 5.75. The molecule has 0 unspecified atom stereocenters. The largest absolute Gasteiger partial charge is 0.497 e. The highest BCUT2D eigenvalue weighted by Gasteiger charge is 2.20. The molecule has 0 amide bonds. The molecule has 6 aromatic rings. The number of ether oxygens (including phenoxy) is 2. The van der Waals surface area contributed by atoms with Gasteiger partial charge in [-0.2, -0.15) is 10.4 Å². The van der Waals surface area contributed by atoms with Crippen LogP contribution in [0.4, 0.5) is 5.82 Å². The highest BCUT2D eigenvalue weighted by Crippen LogP contribution is 2.29. The Bertz CT molecular complexity index is 1900. The summed E-state index contributed by atoms with van der Waals surface area (Å²) in [6.45, 7) is 1.10. The van der Waals surface area contributed by atoms with Gasteiger partial charge in [-0.05, 0) is 59.2 Å². The second-order valence-corrected chi connectivity index (χ2v) is 10.7. The number of nitrogens with zero attached hydrogens (tertiary/aromatic N) is 6. The predicted molar refractivity (Wildman–Crippen MR) is 171 cm³/mol. The van der Waals surface area contributed by atoms with Gasteiger partial charge in [0.25, 0.3) is 0 Å². The lowest BCUT2D eigenvalue weighted by Crippen LogP contribution is -2.24. The Hall–Kier alpha value is -5.39. The highest BCUT2D eigenvalue weighted by atomic mass is 35.5. The van der Waals surface area contributed by atoms with Gasteiger partial charge in [0.2, 0.25) is 0 Å². The lowest BCUT2D eigenvalue weighted by molar-refractivity contribution is 0.414. The van der Waals surface area contributed by atoms with Crippen LogP contribution in [0.15, 0.2) is 103 Å². The molecular formula is C35H29ClN6O2. The lowest BCUT2D eigenvalue weighted by Gasteiger charge is -2.25. The first kappa shape index (κ1) is 28.7. The van der Waals surface area contributed by atoms with Crippen molar-refractivity contribution in [2.24, 2.45) is 0 Å². The maximum atomic E-state index is 9.56. The monoisotopic (exact) mass is 600 g/mol. The van der Waals surface area contributed by atoms with Crippen LogP contribution in [0.25, 0.3) is 16.9 Å². The van der Waals surface area contributed by atoms with Crippen LogP contribution in [0, 0.1) is 11.3 Å². The SMILES string of the molecule is COc1ccc(CN(Cc2ccc(OC)cc2)c2nc(-c3cccc(C#N)c3)cn3nc(Cc4ccccc4Cl)nc23)cc1. The number of benzene rings is 4. The smallest absolute Gasteiger partial charge is 0.198 e. The van der Waals surface area contributed by atoms with Crippen molar-refractivity contribution in [2.75, 3.05) is 19.1 Å². The molecule has 0 saturated heterocycles. The molecule has 0 fully saturated rings. The molecule has 6 rings (SSSR count). The van der Waals surface area contributed by atoms with Crippen LogP contribution in [-0.2, 0) is 19.5 Å². The second-order valence-electron chi connectivity index (χ2n) is 10.3. The quantitative estimate of drug-likeness (QED) is 0.165. The molecule has 2 aromatic heterocycles. The van der Waals surface area contributed by atoms with Crippen LogP contribution in [-0.4, -0.2) is 33.8 Å². The van der Waals surface area contributed by atoms with E-state index in [1.807, 2.05) is 97.2 Å². The minimum atomic E-state index is 0.469. The molecule has 0 bridgehead atoms. The van der Waals surface area contributed by atoms with E-state index in [9.17, 15) is 5.26 Å². The van der Waals surface area contributed by atoms with Crippen LogP contribution in [0.2, 0.25) is 5.02 Å². The molecule has 9 heteroatoms. The number of halogens is 1. The molecule has 0 saturated carbocycles. The zero-order valence-electron chi connectivity index (χ0n) is 24.3. The fraction of sp³-hybridized carbons (Fsp3) is 0.143. The number of anilines is 1. The summed E-state index contributed by atoms with van der Waals surface area (Å²) >= 11 is 6.49. The molecule has 8 nitrogen and oxygen atoms in total. The fourth-order valence-corrected chi connectivity index (χ4v) is 5.22. The van der Waals surface area contributed by atoms with E-state index in [-0.39, 0.29) is 0 Å². The summed E-state index contributed by atoms with van der Waals surface area (Å²) in [5.74, 6) is 2.86. The first-order valence-corrected chi connectivity index (χ1v) is 14.4. The van der Waals surface area contributed by atoms with Gasteiger partial charge in [0.1, 0.15) is 11.5 Å². The number of rotatable bonds is 10. The third-order valence-electron chi connectivity index (χ3n) is 7.30. The Kier molecular flexibility index (Phi) is 8.39. The van der Waals surface area contributed by atoms with Gasteiger partial charge in [-0.3, -0.25) is 0 Å². The van der Waals surface area contributed by atoms with Gasteiger partial charge in [-0.15, -0.1) is 0 Å². The third-order valence-corrected chi connectivity index (χ3v) is 7.67. The predicted octanol–water partition coefficient (Wildman–Crippen LogP) is 7.13. The number of nitriles is 1. The van der Waals surface area contributed by atoms with Crippen molar-refractivity contribution in [1.29, 1.82) is 5.26 Å². The molecule has 218 valence electrons. The topological polar surface area (TPSA) is 88.6 Å². The van der Waals surface area contributed by atoms with E-state index in [0.717, 1.165) is 33.8 Å². The Morgan fingerprint density at radius 2 is 1.48 bits per heavy atom. The molecule has 0 aliphatic carbocycles. The van der Waals surface area contributed by atoms with Crippen LogP contribution in [0.5, 0.6) is 11.5 Å². The van der Waals surface area contributed by atoms with E-state index in [4.69, 9.17) is 36.1 Å². The summed E-state index contributed by atoms with van der Waals surface area (Å²) in [4.78, 5) is 12.3. The van der Waals surface area contributed by atoms with Gasteiger partial charge in [0, 0.05) is 30.1 Å². The van der Waals surface area contributed by atoms with Crippen molar-refractivity contribution in [3.63, 3.8) is 0 Å². The Morgan fingerprint density at radius 1 is 0.818 bits per heavy atom. The number of hydrogen-bond donors (Lipinski definition) is 0. The summed E-state index contributed by atoms with van der Waals surface area (Å²) in [6, 6.07) is 33.3. The van der Waals surface area contributed by atoms with Crippen molar-refractivity contribution >= 4 is 23.1 Å². The van der Waals surface area contributed by atoms with Crippen molar-refractivity contribution in [2.45, 2.75) is 19.5 Å². The minimum Gasteiger partial charge on any atom is -0.497 e. The normalized spacial score (nSPS) is 10.9. The van der Waals surface area contributed by atoms with Crippen LogP contribution in [0.1, 0.15) is 28.1 Å². The van der Waals surface area contributed by atoms with Gasteiger partial charge < -0.3 is 14.4 Å². The van der Waals surface area contributed by atoms with E-state index in [1.54, 1.807) is 24.8 Å². The third kappa shape index (κ3) is 6.33. The average Bonchev–Trinajstić information content (AvgIpc) is 3.48. The molecule has 0 aliphatic heterocycles. The molecule has 0 spiro atoms.